The van der Waals surface area contributed by atoms with E-state index >= 15 is 0 Å². The zero-order valence-corrected chi connectivity index (χ0v) is 12.8. The largest absolute Gasteiger partial charge is 0.508 e. The van der Waals surface area contributed by atoms with Crippen LogP contribution in [0.15, 0.2) is 41.5 Å². The number of phenols is 1. The molecular weight excluding hydrogens is 296 g/mol. The molecule has 7 heteroatoms. The van der Waals surface area contributed by atoms with Crippen LogP contribution in [0.4, 0.5) is 5.82 Å². The van der Waals surface area contributed by atoms with Crippen LogP contribution in [0, 0.1) is 0 Å². The maximum atomic E-state index is 12.5. The lowest BCUT2D eigenvalue weighted by Crippen LogP contribution is -2.46. The Bertz CT molecular complexity index is 710. The Morgan fingerprint density at radius 1 is 1.30 bits per heavy atom. The van der Waals surface area contributed by atoms with E-state index in [1.165, 1.54) is 0 Å². The van der Waals surface area contributed by atoms with E-state index < -0.39 is 0 Å². The molecule has 2 N–H and O–H groups in total. The number of piperazine rings is 1. The van der Waals surface area contributed by atoms with Crippen LogP contribution < -0.4 is 20.5 Å². The highest BCUT2D eigenvalue weighted by molar-refractivity contribution is 5.36. The van der Waals surface area contributed by atoms with Crippen LogP contribution in [0.1, 0.15) is 0 Å². The summed E-state index contributed by atoms with van der Waals surface area (Å²) in [5.74, 6) is 1.23. The fourth-order valence-corrected chi connectivity index (χ4v) is 2.54. The van der Waals surface area contributed by atoms with Crippen LogP contribution in [0.3, 0.4) is 0 Å². The summed E-state index contributed by atoms with van der Waals surface area (Å²) in [6.07, 6.45) is 3.31. The van der Waals surface area contributed by atoms with Crippen molar-refractivity contribution >= 4 is 5.82 Å². The first-order valence-electron chi connectivity index (χ1n) is 7.67. The minimum atomic E-state index is -0.103. The van der Waals surface area contributed by atoms with Gasteiger partial charge in [0.25, 0.3) is 5.56 Å². The molecule has 1 aromatic carbocycles. The molecule has 7 nitrogen and oxygen atoms in total. The maximum Gasteiger partial charge on any atom is 0.293 e. The summed E-state index contributed by atoms with van der Waals surface area (Å²) in [5, 5.41) is 12.7. The van der Waals surface area contributed by atoms with E-state index in [0.717, 1.165) is 26.2 Å². The zero-order valence-electron chi connectivity index (χ0n) is 12.8. The lowest BCUT2D eigenvalue weighted by molar-refractivity contribution is 0.294. The molecule has 0 unspecified atom stereocenters. The molecule has 3 rings (SSSR count). The number of ether oxygens (including phenoxy) is 1. The molecule has 2 heterocycles. The monoisotopic (exact) mass is 316 g/mol. The van der Waals surface area contributed by atoms with Crippen LogP contribution in [-0.4, -0.2) is 47.4 Å². The summed E-state index contributed by atoms with van der Waals surface area (Å²) < 4.78 is 7.17. The Morgan fingerprint density at radius 2 is 2.13 bits per heavy atom. The van der Waals surface area contributed by atoms with Crippen molar-refractivity contribution in [1.82, 2.24) is 14.9 Å². The number of nitrogens with one attached hydrogen (secondary N) is 1. The van der Waals surface area contributed by atoms with Crippen molar-refractivity contribution in [3.8, 4) is 11.5 Å². The lowest BCUT2D eigenvalue weighted by atomic mass is 10.3. The molecule has 2 aromatic rings. The Labute approximate surface area is 134 Å². The summed E-state index contributed by atoms with van der Waals surface area (Å²) in [4.78, 5) is 18.7. The first kappa shape index (κ1) is 15.4. The molecule has 1 aliphatic heterocycles. The van der Waals surface area contributed by atoms with Gasteiger partial charge in [0.15, 0.2) is 5.82 Å². The predicted molar refractivity (Wildman–Crippen MR) is 87.2 cm³/mol. The van der Waals surface area contributed by atoms with E-state index in [4.69, 9.17) is 4.74 Å². The SMILES string of the molecule is O=c1c(N2CCNCC2)nccn1CCOc1cccc(O)c1. The summed E-state index contributed by atoms with van der Waals surface area (Å²) in [5.41, 5.74) is -0.103. The predicted octanol–water partition coefficient (Wildman–Crippen LogP) is 0.437. The number of rotatable bonds is 5. The molecule has 0 aliphatic carbocycles. The normalized spacial score (nSPS) is 14.7. The average molecular weight is 316 g/mol. The van der Waals surface area contributed by atoms with Gasteiger partial charge in [-0.1, -0.05) is 6.07 Å². The van der Waals surface area contributed by atoms with Gasteiger partial charge in [0.05, 0.1) is 6.54 Å². The first-order valence-corrected chi connectivity index (χ1v) is 7.67. The average Bonchev–Trinajstić information content (AvgIpc) is 2.57. The standard InChI is InChI=1S/C16H20N4O3/c21-13-2-1-3-14(12-13)23-11-10-20-9-6-18-15(16(20)22)19-7-4-17-5-8-19/h1-3,6,9,12,17,21H,4-5,7-8,10-11H2. The van der Waals surface area contributed by atoms with E-state index in [-0.39, 0.29) is 11.3 Å². The minimum absolute atomic E-state index is 0.103. The Balaban J connectivity index is 1.65. The topological polar surface area (TPSA) is 79.6 Å². The summed E-state index contributed by atoms with van der Waals surface area (Å²) in [6, 6.07) is 6.61. The van der Waals surface area contributed by atoms with Crippen molar-refractivity contribution in [3.05, 3.63) is 47.0 Å². The molecule has 0 amide bonds. The molecule has 23 heavy (non-hydrogen) atoms. The van der Waals surface area contributed by atoms with Crippen LogP contribution in [-0.2, 0) is 6.54 Å². The highest BCUT2D eigenvalue weighted by atomic mass is 16.5. The van der Waals surface area contributed by atoms with Crippen LogP contribution in [0.2, 0.25) is 0 Å². The third-order valence-corrected chi connectivity index (χ3v) is 3.73. The Hall–Kier alpha value is -2.54. The van der Waals surface area contributed by atoms with Crippen LogP contribution >= 0.6 is 0 Å². The molecule has 1 saturated heterocycles. The number of hydrogen-bond acceptors (Lipinski definition) is 6. The molecule has 0 spiro atoms. The van der Waals surface area contributed by atoms with Gasteiger partial charge in [0, 0.05) is 44.6 Å². The van der Waals surface area contributed by atoms with Crippen molar-refractivity contribution in [2.24, 2.45) is 0 Å². The molecule has 1 aliphatic rings. The lowest BCUT2D eigenvalue weighted by Gasteiger charge is -2.27. The molecule has 122 valence electrons. The molecule has 0 atom stereocenters. The van der Waals surface area contributed by atoms with Gasteiger partial charge in [-0.3, -0.25) is 4.79 Å². The third-order valence-electron chi connectivity index (χ3n) is 3.73. The van der Waals surface area contributed by atoms with Gasteiger partial charge in [-0.25, -0.2) is 4.98 Å². The van der Waals surface area contributed by atoms with Gasteiger partial charge >= 0.3 is 0 Å². The highest BCUT2D eigenvalue weighted by Gasteiger charge is 2.15. The van der Waals surface area contributed by atoms with Gasteiger partial charge in [0.2, 0.25) is 0 Å². The maximum absolute atomic E-state index is 12.5. The summed E-state index contributed by atoms with van der Waals surface area (Å²) in [6.45, 7) is 4.05. The van der Waals surface area contributed by atoms with Crippen molar-refractivity contribution in [2.75, 3.05) is 37.7 Å². The number of benzene rings is 1. The quantitative estimate of drug-likeness (QED) is 0.833. The number of aromatic nitrogens is 2. The van der Waals surface area contributed by atoms with Gasteiger partial charge in [-0.05, 0) is 12.1 Å². The van der Waals surface area contributed by atoms with Crippen LogP contribution in [0.5, 0.6) is 11.5 Å². The molecule has 0 bridgehead atoms. The molecule has 0 saturated carbocycles. The van der Waals surface area contributed by atoms with Crippen molar-refractivity contribution in [2.45, 2.75) is 6.54 Å². The first-order chi connectivity index (χ1) is 11.2. The van der Waals surface area contributed by atoms with E-state index in [0.29, 0.717) is 24.7 Å². The highest BCUT2D eigenvalue weighted by Crippen LogP contribution is 2.17. The van der Waals surface area contributed by atoms with Crippen molar-refractivity contribution < 1.29 is 9.84 Å². The van der Waals surface area contributed by atoms with E-state index in [1.807, 2.05) is 4.90 Å². The van der Waals surface area contributed by atoms with E-state index in [9.17, 15) is 9.90 Å². The van der Waals surface area contributed by atoms with Gasteiger partial charge < -0.3 is 24.6 Å². The number of aromatic hydroxyl groups is 1. The fourth-order valence-electron chi connectivity index (χ4n) is 2.54. The number of hydrogen-bond donors (Lipinski definition) is 2. The molecular formula is C16H20N4O3. The van der Waals surface area contributed by atoms with E-state index in [2.05, 4.69) is 10.3 Å². The summed E-state index contributed by atoms with van der Waals surface area (Å²) >= 11 is 0. The zero-order chi connectivity index (χ0) is 16.1. The second kappa shape index (κ2) is 7.15. The third kappa shape index (κ3) is 3.81. The molecule has 0 radical (unpaired) electrons. The second-order valence-corrected chi connectivity index (χ2v) is 5.33. The number of phenolic OH excluding ortho intramolecular Hbond substituents is 1. The van der Waals surface area contributed by atoms with Gasteiger partial charge in [-0.2, -0.15) is 0 Å². The number of anilines is 1. The van der Waals surface area contributed by atoms with Gasteiger partial charge in [0.1, 0.15) is 18.1 Å². The number of nitrogens with zero attached hydrogens (tertiary/aromatic N) is 3. The van der Waals surface area contributed by atoms with Crippen LogP contribution in [0.25, 0.3) is 0 Å². The summed E-state index contributed by atoms with van der Waals surface area (Å²) in [7, 11) is 0. The Morgan fingerprint density at radius 3 is 2.91 bits per heavy atom. The fraction of sp³-hybridized carbons (Fsp3) is 0.375. The molecule has 1 aromatic heterocycles. The van der Waals surface area contributed by atoms with Crippen molar-refractivity contribution in [1.29, 1.82) is 0 Å². The smallest absolute Gasteiger partial charge is 0.293 e. The Kier molecular flexibility index (Phi) is 4.77. The van der Waals surface area contributed by atoms with E-state index in [1.54, 1.807) is 41.2 Å². The second-order valence-electron chi connectivity index (χ2n) is 5.33. The molecule has 1 fully saturated rings. The van der Waals surface area contributed by atoms with Gasteiger partial charge in [-0.15, -0.1) is 0 Å². The minimum Gasteiger partial charge on any atom is -0.508 e. The van der Waals surface area contributed by atoms with Crippen molar-refractivity contribution in [3.63, 3.8) is 0 Å².